The highest BCUT2D eigenvalue weighted by Crippen LogP contribution is 2.21. The van der Waals surface area contributed by atoms with Gasteiger partial charge in [0.05, 0.1) is 0 Å². The third kappa shape index (κ3) is 4.89. The largest absolute Gasteiger partial charge is 0.484 e. The first-order chi connectivity index (χ1) is 10.5. The Labute approximate surface area is 137 Å². The molecule has 0 atom stereocenters. The van der Waals surface area contributed by atoms with E-state index in [2.05, 4.69) is 24.1 Å². The lowest BCUT2D eigenvalue weighted by molar-refractivity contribution is -0.124. The number of likely N-dealkylation sites (tertiary alicyclic amines) is 1. The van der Waals surface area contributed by atoms with Crippen molar-refractivity contribution in [2.45, 2.75) is 45.7 Å². The molecule has 0 saturated carbocycles. The maximum atomic E-state index is 12.0. The van der Waals surface area contributed by atoms with Gasteiger partial charge in [0.1, 0.15) is 5.75 Å². The zero-order valence-corrected chi connectivity index (χ0v) is 14.3. The summed E-state index contributed by atoms with van der Waals surface area (Å²) in [6, 6.07) is 6.23. The van der Waals surface area contributed by atoms with Crippen LogP contribution in [0.4, 0.5) is 0 Å². The SMILES string of the molecule is Cc1cc(Cl)ccc1OCC(=O)NC1CCN(C(C)C)CC1. The molecule has 122 valence electrons. The minimum atomic E-state index is -0.0580. The Hall–Kier alpha value is -1.26. The summed E-state index contributed by atoms with van der Waals surface area (Å²) in [6.45, 7) is 8.47. The van der Waals surface area contributed by atoms with E-state index in [0.717, 1.165) is 31.5 Å². The maximum absolute atomic E-state index is 12.0. The quantitative estimate of drug-likeness (QED) is 0.905. The lowest BCUT2D eigenvalue weighted by Crippen LogP contribution is -2.47. The number of benzene rings is 1. The second-order valence-corrected chi connectivity index (χ2v) is 6.61. The molecule has 0 aromatic heterocycles. The average Bonchev–Trinajstić information content (AvgIpc) is 2.47. The van der Waals surface area contributed by atoms with E-state index in [1.165, 1.54) is 0 Å². The summed E-state index contributed by atoms with van der Waals surface area (Å²) < 4.78 is 5.57. The Morgan fingerprint density at radius 1 is 1.41 bits per heavy atom. The third-order valence-electron chi connectivity index (χ3n) is 4.12. The van der Waals surface area contributed by atoms with Gasteiger partial charge in [0.15, 0.2) is 6.61 Å². The fourth-order valence-electron chi connectivity index (χ4n) is 2.75. The smallest absolute Gasteiger partial charge is 0.258 e. The molecule has 1 aliphatic heterocycles. The molecule has 1 fully saturated rings. The first-order valence-electron chi connectivity index (χ1n) is 7.88. The van der Waals surface area contributed by atoms with E-state index < -0.39 is 0 Å². The number of hydrogen-bond acceptors (Lipinski definition) is 3. The van der Waals surface area contributed by atoms with Gasteiger partial charge in [0.2, 0.25) is 0 Å². The number of hydrogen-bond donors (Lipinski definition) is 1. The molecule has 22 heavy (non-hydrogen) atoms. The number of halogens is 1. The van der Waals surface area contributed by atoms with Gasteiger partial charge in [-0.25, -0.2) is 0 Å². The van der Waals surface area contributed by atoms with Crippen molar-refractivity contribution in [3.63, 3.8) is 0 Å². The fraction of sp³-hybridized carbons (Fsp3) is 0.588. The molecule has 0 aliphatic carbocycles. The van der Waals surface area contributed by atoms with Gasteiger partial charge in [0, 0.05) is 30.2 Å². The first-order valence-corrected chi connectivity index (χ1v) is 8.26. The lowest BCUT2D eigenvalue weighted by atomic mass is 10.0. The van der Waals surface area contributed by atoms with Gasteiger partial charge in [-0.2, -0.15) is 0 Å². The molecule has 0 radical (unpaired) electrons. The molecular formula is C17H25ClN2O2. The van der Waals surface area contributed by atoms with E-state index >= 15 is 0 Å². The van der Waals surface area contributed by atoms with E-state index in [-0.39, 0.29) is 18.6 Å². The molecule has 0 bridgehead atoms. The van der Waals surface area contributed by atoms with Gasteiger partial charge in [-0.1, -0.05) is 11.6 Å². The highest BCUT2D eigenvalue weighted by Gasteiger charge is 2.22. The fourth-order valence-corrected chi connectivity index (χ4v) is 2.97. The predicted octanol–water partition coefficient (Wildman–Crippen LogP) is 3.02. The standard InChI is InChI=1S/C17H25ClN2O2/c1-12(2)20-8-6-15(7-9-20)19-17(21)11-22-16-5-4-14(18)10-13(16)3/h4-5,10,12,15H,6-9,11H2,1-3H3,(H,19,21). The molecule has 2 rings (SSSR count). The highest BCUT2D eigenvalue weighted by molar-refractivity contribution is 6.30. The van der Waals surface area contributed by atoms with Gasteiger partial charge in [-0.3, -0.25) is 4.79 Å². The van der Waals surface area contributed by atoms with Crippen molar-refractivity contribution >= 4 is 17.5 Å². The van der Waals surface area contributed by atoms with Crippen LogP contribution in [0.5, 0.6) is 5.75 Å². The summed E-state index contributed by atoms with van der Waals surface area (Å²) in [4.78, 5) is 14.4. The van der Waals surface area contributed by atoms with E-state index in [1.54, 1.807) is 12.1 Å². The number of amides is 1. The van der Waals surface area contributed by atoms with Crippen molar-refractivity contribution in [2.75, 3.05) is 19.7 Å². The molecule has 1 aromatic carbocycles. The van der Waals surface area contributed by atoms with Crippen LogP contribution in [0.15, 0.2) is 18.2 Å². The van der Waals surface area contributed by atoms with Crippen molar-refractivity contribution in [1.82, 2.24) is 10.2 Å². The minimum absolute atomic E-state index is 0.0485. The van der Waals surface area contributed by atoms with Crippen LogP contribution in [0, 0.1) is 6.92 Å². The second kappa shape index (κ2) is 7.84. The molecule has 0 unspecified atom stereocenters. The van der Waals surface area contributed by atoms with Crippen LogP contribution in [0.2, 0.25) is 5.02 Å². The number of carbonyl (C=O) groups excluding carboxylic acids is 1. The van der Waals surface area contributed by atoms with Crippen LogP contribution < -0.4 is 10.1 Å². The number of nitrogens with zero attached hydrogens (tertiary/aromatic N) is 1. The number of aryl methyl sites for hydroxylation is 1. The zero-order chi connectivity index (χ0) is 16.1. The van der Waals surface area contributed by atoms with E-state index in [1.807, 2.05) is 13.0 Å². The number of carbonyl (C=O) groups is 1. The molecule has 1 saturated heterocycles. The summed E-state index contributed by atoms with van der Waals surface area (Å²) in [6.07, 6.45) is 2.01. The van der Waals surface area contributed by atoms with Gasteiger partial charge in [-0.15, -0.1) is 0 Å². The zero-order valence-electron chi connectivity index (χ0n) is 13.6. The Morgan fingerprint density at radius 2 is 2.09 bits per heavy atom. The molecule has 5 heteroatoms. The normalized spacial score (nSPS) is 16.8. The Kier molecular flexibility index (Phi) is 6.09. The van der Waals surface area contributed by atoms with Crippen molar-refractivity contribution in [3.8, 4) is 5.75 Å². The van der Waals surface area contributed by atoms with E-state index in [9.17, 15) is 4.79 Å². The van der Waals surface area contributed by atoms with Gasteiger partial charge < -0.3 is 15.0 Å². The van der Waals surface area contributed by atoms with Crippen LogP contribution in [0.1, 0.15) is 32.3 Å². The first kappa shape index (κ1) is 17.1. The Morgan fingerprint density at radius 3 is 2.68 bits per heavy atom. The summed E-state index contributed by atoms with van der Waals surface area (Å²) in [7, 11) is 0. The number of rotatable bonds is 5. The molecule has 4 nitrogen and oxygen atoms in total. The van der Waals surface area contributed by atoms with Crippen molar-refractivity contribution in [3.05, 3.63) is 28.8 Å². The summed E-state index contributed by atoms with van der Waals surface area (Å²) >= 11 is 5.90. The van der Waals surface area contributed by atoms with Crippen molar-refractivity contribution in [1.29, 1.82) is 0 Å². The molecular weight excluding hydrogens is 300 g/mol. The maximum Gasteiger partial charge on any atom is 0.258 e. The van der Waals surface area contributed by atoms with Crippen LogP contribution in [0.25, 0.3) is 0 Å². The van der Waals surface area contributed by atoms with Gasteiger partial charge in [0.25, 0.3) is 5.91 Å². The molecule has 1 amide bonds. The molecule has 1 N–H and O–H groups in total. The summed E-state index contributed by atoms with van der Waals surface area (Å²) in [5.74, 6) is 0.645. The lowest BCUT2D eigenvalue weighted by Gasteiger charge is -2.34. The minimum Gasteiger partial charge on any atom is -0.484 e. The van der Waals surface area contributed by atoms with E-state index in [4.69, 9.17) is 16.3 Å². The monoisotopic (exact) mass is 324 g/mol. The van der Waals surface area contributed by atoms with Crippen molar-refractivity contribution < 1.29 is 9.53 Å². The molecule has 1 aliphatic rings. The Balaban J connectivity index is 1.74. The molecule has 1 aromatic rings. The van der Waals surface area contributed by atoms with Crippen LogP contribution >= 0.6 is 11.6 Å². The number of ether oxygens (including phenoxy) is 1. The van der Waals surface area contributed by atoms with E-state index in [0.29, 0.717) is 16.8 Å². The predicted molar refractivity (Wildman–Crippen MR) is 89.6 cm³/mol. The van der Waals surface area contributed by atoms with Gasteiger partial charge >= 0.3 is 0 Å². The second-order valence-electron chi connectivity index (χ2n) is 6.17. The van der Waals surface area contributed by atoms with Crippen LogP contribution in [-0.4, -0.2) is 42.6 Å². The number of piperidine rings is 1. The molecule has 1 heterocycles. The highest BCUT2D eigenvalue weighted by atomic mass is 35.5. The summed E-state index contributed by atoms with van der Waals surface area (Å²) in [5.41, 5.74) is 0.936. The van der Waals surface area contributed by atoms with Crippen LogP contribution in [-0.2, 0) is 4.79 Å². The molecule has 0 spiro atoms. The third-order valence-corrected chi connectivity index (χ3v) is 4.36. The number of nitrogens with one attached hydrogen (secondary N) is 1. The summed E-state index contributed by atoms with van der Waals surface area (Å²) in [5, 5.41) is 3.74. The average molecular weight is 325 g/mol. The van der Waals surface area contributed by atoms with Gasteiger partial charge in [-0.05, 0) is 57.4 Å². The Bertz CT molecular complexity index is 511. The van der Waals surface area contributed by atoms with Crippen molar-refractivity contribution in [2.24, 2.45) is 0 Å². The van der Waals surface area contributed by atoms with Crippen LogP contribution in [0.3, 0.4) is 0 Å². The topological polar surface area (TPSA) is 41.6 Å².